The molecule has 0 bridgehead atoms. The number of nitrogens with two attached hydrogens (primary N) is 1. The van der Waals surface area contributed by atoms with Gasteiger partial charge in [-0.3, -0.25) is 9.69 Å². The number of fused-ring (bicyclic) bond motifs is 1. The molecule has 1 fully saturated rings. The Kier molecular flexibility index (Phi) is 5.20. The number of likely N-dealkylation sites (tertiary alicyclic amines) is 1. The maximum Gasteiger partial charge on any atom is 0.315 e. The van der Waals surface area contributed by atoms with Crippen LogP contribution in [0.1, 0.15) is 18.4 Å². The summed E-state index contributed by atoms with van der Waals surface area (Å²) in [5.41, 5.74) is 6.38. The Balaban J connectivity index is 1.35. The number of urea groups is 1. The number of hydrogen-bond acceptors (Lipinski definition) is 4. The van der Waals surface area contributed by atoms with E-state index in [0.717, 1.165) is 38.1 Å². The second-order valence-corrected chi connectivity index (χ2v) is 6.42. The van der Waals surface area contributed by atoms with Crippen LogP contribution in [0.5, 0.6) is 5.75 Å². The Labute approximate surface area is 141 Å². The minimum atomic E-state index is -0.309. The molecule has 3 amide bonds. The summed E-state index contributed by atoms with van der Waals surface area (Å²) >= 11 is 0. The van der Waals surface area contributed by atoms with Crippen LogP contribution in [0.3, 0.4) is 0 Å². The van der Waals surface area contributed by atoms with Gasteiger partial charge in [0.1, 0.15) is 11.9 Å². The van der Waals surface area contributed by atoms with Crippen LogP contribution in [-0.4, -0.2) is 55.2 Å². The highest BCUT2D eigenvalue weighted by molar-refractivity contribution is 5.76. The average Bonchev–Trinajstić information content (AvgIpc) is 2.97. The number of carbonyl (C=O) groups is 2. The van der Waals surface area contributed by atoms with Crippen LogP contribution in [0, 0.1) is 0 Å². The van der Waals surface area contributed by atoms with Crippen LogP contribution in [0.4, 0.5) is 4.79 Å². The van der Waals surface area contributed by atoms with Crippen LogP contribution in [0.15, 0.2) is 24.3 Å². The van der Waals surface area contributed by atoms with Gasteiger partial charge in [-0.25, -0.2) is 4.79 Å². The van der Waals surface area contributed by atoms with Crippen molar-refractivity contribution in [2.45, 2.75) is 31.4 Å². The normalized spacial score (nSPS) is 20.9. The Hall–Kier alpha value is -2.28. The highest BCUT2D eigenvalue weighted by Crippen LogP contribution is 2.27. The summed E-state index contributed by atoms with van der Waals surface area (Å²) in [7, 11) is 0. The second kappa shape index (κ2) is 7.53. The number of rotatable bonds is 5. The Morgan fingerprint density at radius 3 is 2.71 bits per heavy atom. The van der Waals surface area contributed by atoms with Crippen LogP contribution in [0.2, 0.25) is 0 Å². The molecule has 1 aromatic rings. The first-order chi connectivity index (χ1) is 11.6. The molecule has 4 N–H and O–H groups in total. The number of ether oxygens (including phenoxy) is 1. The molecule has 2 aliphatic rings. The first-order valence-electron chi connectivity index (χ1n) is 8.40. The molecule has 0 aliphatic carbocycles. The van der Waals surface area contributed by atoms with E-state index < -0.39 is 0 Å². The molecule has 2 heterocycles. The summed E-state index contributed by atoms with van der Waals surface area (Å²) in [6.45, 7) is 2.32. The van der Waals surface area contributed by atoms with E-state index in [1.165, 1.54) is 5.56 Å². The van der Waals surface area contributed by atoms with E-state index in [4.69, 9.17) is 10.5 Å². The topological polar surface area (TPSA) is 96.7 Å². The molecular weight excluding hydrogens is 308 g/mol. The van der Waals surface area contributed by atoms with Gasteiger partial charge in [-0.15, -0.1) is 0 Å². The largest absolute Gasteiger partial charge is 0.488 e. The Bertz CT molecular complexity index is 574. The summed E-state index contributed by atoms with van der Waals surface area (Å²) in [6.07, 6.45) is 2.46. The van der Waals surface area contributed by atoms with Gasteiger partial charge in [0.05, 0.1) is 13.1 Å². The molecule has 2 aliphatic heterocycles. The van der Waals surface area contributed by atoms with Crippen molar-refractivity contribution in [3.8, 4) is 5.75 Å². The summed E-state index contributed by atoms with van der Waals surface area (Å²) in [5.74, 6) is 0.600. The summed E-state index contributed by atoms with van der Waals surface area (Å²) in [6, 6.07) is 7.92. The molecular formula is C17H24N4O3. The molecule has 24 heavy (non-hydrogen) atoms. The molecule has 7 heteroatoms. The molecule has 1 atom stereocenters. The smallest absolute Gasteiger partial charge is 0.315 e. The monoisotopic (exact) mass is 332 g/mol. The van der Waals surface area contributed by atoms with E-state index in [1.54, 1.807) is 0 Å². The standard InChI is InChI=1S/C17H24N4O3/c18-16(22)11-21-7-5-13(6-8-21)20-17(23)19-10-14-9-12-3-1-2-4-15(12)24-14/h1-4,13-14H,5-11H2,(H2,18,22)(H2,19,20,23)/t14-/m0/s1. The third kappa shape index (κ3) is 4.38. The fourth-order valence-corrected chi connectivity index (χ4v) is 3.27. The molecule has 0 unspecified atom stereocenters. The number of carbonyl (C=O) groups excluding carboxylic acids is 2. The van der Waals surface area contributed by atoms with Gasteiger partial charge in [0, 0.05) is 25.6 Å². The minimum Gasteiger partial charge on any atom is -0.488 e. The minimum absolute atomic E-state index is 0.00874. The number of amides is 3. The van der Waals surface area contributed by atoms with Crippen LogP contribution < -0.4 is 21.1 Å². The molecule has 0 radical (unpaired) electrons. The van der Waals surface area contributed by atoms with Crippen molar-refractivity contribution in [2.75, 3.05) is 26.2 Å². The molecule has 0 saturated carbocycles. The lowest BCUT2D eigenvalue weighted by Gasteiger charge is -2.31. The first-order valence-corrected chi connectivity index (χ1v) is 8.40. The fraction of sp³-hybridized carbons (Fsp3) is 0.529. The summed E-state index contributed by atoms with van der Waals surface area (Å²) in [4.78, 5) is 25.0. The van der Waals surface area contributed by atoms with Gasteiger partial charge >= 0.3 is 6.03 Å². The molecule has 0 aromatic heterocycles. The van der Waals surface area contributed by atoms with Crippen molar-refractivity contribution in [1.29, 1.82) is 0 Å². The van der Waals surface area contributed by atoms with Gasteiger partial charge < -0.3 is 21.1 Å². The number of nitrogens with one attached hydrogen (secondary N) is 2. The quantitative estimate of drug-likeness (QED) is 0.719. The average molecular weight is 332 g/mol. The first kappa shape index (κ1) is 16.6. The number of benzene rings is 1. The zero-order valence-electron chi connectivity index (χ0n) is 13.7. The maximum absolute atomic E-state index is 12.0. The second-order valence-electron chi connectivity index (χ2n) is 6.42. The van der Waals surface area contributed by atoms with E-state index in [9.17, 15) is 9.59 Å². The molecule has 7 nitrogen and oxygen atoms in total. The highest BCUT2D eigenvalue weighted by Gasteiger charge is 2.24. The van der Waals surface area contributed by atoms with E-state index in [1.807, 2.05) is 23.1 Å². The van der Waals surface area contributed by atoms with Crippen molar-refractivity contribution in [1.82, 2.24) is 15.5 Å². The number of nitrogens with zero attached hydrogens (tertiary/aromatic N) is 1. The van der Waals surface area contributed by atoms with Crippen molar-refractivity contribution >= 4 is 11.9 Å². The van der Waals surface area contributed by atoms with Gasteiger partial charge in [0.2, 0.25) is 5.91 Å². The van der Waals surface area contributed by atoms with Gasteiger partial charge in [-0.05, 0) is 24.5 Å². The van der Waals surface area contributed by atoms with Gasteiger partial charge in [-0.1, -0.05) is 18.2 Å². The fourth-order valence-electron chi connectivity index (χ4n) is 3.27. The van der Waals surface area contributed by atoms with E-state index in [2.05, 4.69) is 16.7 Å². The maximum atomic E-state index is 12.0. The van der Waals surface area contributed by atoms with Crippen molar-refractivity contribution in [3.63, 3.8) is 0 Å². The lowest BCUT2D eigenvalue weighted by Crippen LogP contribution is -2.50. The SMILES string of the molecule is NC(=O)CN1CCC(NC(=O)NC[C@@H]2Cc3ccccc3O2)CC1. The predicted octanol–water partition coefficient (Wildman–Crippen LogP) is 0.239. The molecule has 1 aromatic carbocycles. The molecule has 3 rings (SSSR count). The van der Waals surface area contributed by atoms with Crippen LogP contribution in [-0.2, 0) is 11.2 Å². The number of piperidine rings is 1. The summed E-state index contributed by atoms with van der Waals surface area (Å²) < 4.78 is 5.81. The lowest BCUT2D eigenvalue weighted by atomic mass is 10.1. The van der Waals surface area contributed by atoms with Gasteiger partial charge in [0.15, 0.2) is 0 Å². The Morgan fingerprint density at radius 2 is 2.00 bits per heavy atom. The van der Waals surface area contributed by atoms with Crippen LogP contribution in [0.25, 0.3) is 0 Å². The van der Waals surface area contributed by atoms with Crippen molar-refractivity contribution in [2.24, 2.45) is 5.73 Å². The third-order valence-corrected chi connectivity index (χ3v) is 4.51. The highest BCUT2D eigenvalue weighted by atomic mass is 16.5. The summed E-state index contributed by atoms with van der Waals surface area (Å²) in [5, 5.41) is 5.88. The predicted molar refractivity (Wildman–Crippen MR) is 89.8 cm³/mol. The molecule has 1 saturated heterocycles. The zero-order valence-corrected chi connectivity index (χ0v) is 13.7. The zero-order chi connectivity index (χ0) is 16.9. The Morgan fingerprint density at radius 1 is 1.25 bits per heavy atom. The molecule has 130 valence electrons. The number of primary amides is 1. The van der Waals surface area contributed by atoms with E-state index >= 15 is 0 Å². The van der Waals surface area contributed by atoms with E-state index in [0.29, 0.717) is 13.1 Å². The van der Waals surface area contributed by atoms with Gasteiger partial charge in [-0.2, -0.15) is 0 Å². The van der Waals surface area contributed by atoms with Crippen molar-refractivity contribution < 1.29 is 14.3 Å². The van der Waals surface area contributed by atoms with E-state index in [-0.39, 0.29) is 24.1 Å². The number of para-hydroxylation sites is 1. The van der Waals surface area contributed by atoms with Gasteiger partial charge in [0.25, 0.3) is 0 Å². The lowest BCUT2D eigenvalue weighted by molar-refractivity contribution is -0.119. The van der Waals surface area contributed by atoms with Crippen molar-refractivity contribution in [3.05, 3.63) is 29.8 Å². The number of hydrogen-bond donors (Lipinski definition) is 3. The molecule has 0 spiro atoms. The third-order valence-electron chi connectivity index (χ3n) is 4.51. The van der Waals surface area contributed by atoms with Crippen LogP contribution >= 0.6 is 0 Å².